The fourth-order valence-electron chi connectivity index (χ4n) is 2.96. The molecular formula is C18H21F2N3O. The van der Waals surface area contributed by atoms with Crippen LogP contribution >= 0.6 is 0 Å². The lowest BCUT2D eigenvalue weighted by Crippen LogP contribution is -2.27. The summed E-state index contributed by atoms with van der Waals surface area (Å²) in [7, 11) is 1.63. The van der Waals surface area contributed by atoms with Crippen LogP contribution in [0.5, 0.6) is 0 Å². The highest BCUT2D eigenvalue weighted by atomic mass is 19.2. The van der Waals surface area contributed by atoms with Crippen molar-refractivity contribution in [3.8, 4) is 0 Å². The molecule has 1 saturated carbocycles. The number of amides is 1. The van der Waals surface area contributed by atoms with Gasteiger partial charge in [0.25, 0.3) is 5.91 Å². The molecule has 1 aromatic carbocycles. The highest BCUT2D eigenvalue weighted by Gasteiger charge is 2.31. The van der Waals surface area contributed by atoms with E-state index in [2.05, 4.69) is 12.0 Å². The third-order valence-corrected chi connectivity index (χ3v) is 4.58. The minimum Gasteiger partial charge on any atom is -0.336 e. The number of aromatic nitrogens is 2. The van der Waals surface area contributed by atoms with Crippen LogP contribution in [0.15, 0.2) is 24.3 Å². The number of carbonyl (C=O) groups excluding carboxylic acids is 1. The maximum absolute atomic E-state index is 13.3. The molecule has 1 aliphatic rings. The normalized spacial score (nSPS) is 15.4. The summed E-state index contributed by atoms with van der Waals surface area (Å²) in [6.45, 7) is 4.26. The molecule has 1 fully saturated rings. The van der Waals surface area contributed by atoms with E-state index in [1.165, 1.54) is 23.8 Å². The van der Waals surface area contributed by atoms with Crippen LogP contribution in [0, 0.1) is 24.5 Å². The van der Waals surface area contributed by atoms with Crippen molar-refractivity contribution in [2.24, 2.45) is 5.92 Å². The number of rotatable bonds is 5. The number of carbonyl (C=O) groups is 1. The molecule has 1 atom stereocenters. The molecule has 1 aliphatic carbocycles. The first-order chi connectivity index (χ1) is 11.4. The van der Waals surface area contributed by atoms with E-state index in [4.69, 9.17) is 0 Å². The zero-order valence-electron chi connectivity index (χ0n) is 14.1. The minimum atomic E-state index is -0.910. The van der Waals surface area contributed by atoms with E-state index in [1.807, 2.05) is 11.6 Å². The summed E-state index contributed by atoms with van der Waals surface area (Å²) in [4.78, 5) is 14.0. The largest absolute Gasteiger partial charge is 0.336 e. The summed E-state index contributed by atoms with van der Waals surface area (Å²) in [6, 6.07) is 5.73. The lowest BCUT2D eigenvalue weighted by Gasteiger charge is -2.16. The number of hydrogen-bond donors (Lipinski definition) is 0. The average molecular weight is 333 g/mol. The van der Waals surface area contributed by atoms with E-state index in [9.17, 15) is 13.6 Å². The second kappa shape index (κ2) is 6.34. The van der Waals surface area contributed by atoms with E-state index < -0.39 is 11.6 Å². The van der Waals surface area contributed by atoms with E-state index in [0.29, 0.717) is 23.2 Å². The third-order valence-electron chi connectivity index (χ3n) is 4.58. The van der Waals surface area contributed by atoms with Crippen molar-refractivity contribution < 1.29 is 13.6 Å². The van der Waals surface area contributed by atoms with Gasteiger partial charge in [0.05, 0.1) is 6.04 Å². The Balaban J connectivity index is 1.73. The van der Waals surface area contributed by atoms with Crippen molar-refractivity contribution in [2.45, 2.75) is 39.3 Å². The molecule has 3 rings (SSSR count). The molecule has 0 saturated heterocycles. The predicted molar refractivity (Wildman–Crippen MR) is 86.6 cm³/mol. The lowest BCUT2D eigenvalue weighted by atomic mass is 10.2. The van der Waals surface area contributed by atoms with Crippen molar-refractivity contribution in [1.29, 1.82) is 0 Å². The van der Waals surface area contributed by atoms with Crippen LogP contribution < -0.4 is 0 Å². The molecule has 0 bridgehead atoms. The van der Waals surface area contributed by atoms with Crippen LogP contribution in [0.2, 0.25) is 0 Å². The summed E-state index contributed by atoms with van der Waals surface area (Å²) < 4.78 is 28.2. The third kappa shape index (κ3) is 3.32. The Kier molecular flexibility index (Phi) is 4.39. The zero-order chi connectivity index (χ0) is 17.4. The highest BCUT2D eigenvalue weighted by Crippen LogP contribution is 2.39. The molecule has 4 nitrogen and oxygen atoms in total. The smallest absolute Gasteiger partial charge is 0.274 e. The van der Waals surface area contributed by atoms with Crippen molar-refractivity contribution in [1.82, 2.24) is 14.7 Å². The number of benzene rings is 1. The molecule has 0 spiro atoms. The molecule has 24 heavy (non-hydrogen) atoms. The predicted octanol–water partition coefficient (Wildman–Crippen LogP) is 3.71. The van der Waals surface area contributed by atoms with Gasteiger partial charge in [-0.25, -0.2) is 8.78 Å². The molecule has 2 aromatic rings. The average Bonchev–Trinajstić information content (AvgIpc) is 3.32. The Hall–Kier alpha value is -2.24. The Morgan fingerprint density at radius 2 is 2.04 bits per heavy atom. The summed E-state index contributed by atoms with van der Waals surface area (Å²) in [5.74, 6) is -1.39. The van der Waals surface area contributed by atoms with Gasteiger partial charge in [-0.3, -0.25) is 9.48 Å². The van der Waals surface area contributed by atoms with Gasteiger partial charge in [-0.2, -0.15) is 5.10 Å². The summed E-state index contributed by atoms with van der Waals surface area (Å²) >= 11 is 0. The molecule has 0 aliphatic heterocycles. The van der Waals surface area contributed by atoms with E-state index in [-0.39, 0.29) is 12.5 Å². The van der Waals surface area contributed by atoms with Crippen molar-refractivity contribution in [3.05, 3.63) is 52.9 Å². The van der Waals surface area contributed by atoms with Crippen molar-refractivity contribution in [3.63, 3.8) is 0 Å². The van der Waals surface area contributed by atoms with Gasteiger partial charge < -0.3 is 4.90 Å². The van der Waals surface area contributed by atoms with E-state index in [0.717, 1.165) is 17.8 Å². The molecule has 1 amide bonds. The fourth-order valence-corrected chi connectivity index (χ4v) is 2.96. The number of nitrogens with zero attached hydrogens (tertiary/aromatic N) is 3. The first-order valence-corrected chi connectivity index (χ1v) is 8.12. The van der Waals surface area contributed by atoms with Crippen LogP contribution in [0.25, 0.3) is 0 Å². The van der Waals surface area contributed by atoms with Gasteiger partial charge in [0.2, 0.25) is 0 Å². The standard InChI is InChI=1S/C18H21F2N3O/c1-11-8-17(21-23(11)12(2)14-5-6-14)18(24)22(3)10-13-4-7-15(19)16(20)9-13/h4,7-9,12,14H,5-6,10H2,1-3H3. The minimum absolute atomic E-state index is 0.195. The highest BCUT2D eigenvalue weighted by molar-refractivity contribution is 5.92. The first kappa shape index (κ1) is 16.6. The monoisotopic (exact) mass is 333 g/mol. The van der Waals surface area contributed by atoms with Gasteiger partial charge in [-0.1, -0.05) is 6.07 Å². The number of hydrogen-bond acceptors (Lipinski definition) is 2. The second-order valence-corrected chi connectivity index (χ2v) is 6.60. The maximum Gasteiger partial charge on any atom is 0.274 e. The Morgan fingerprint density at radius 3 is 2.67 bits per heavy atom. The van der Waals surface area contributed by atoms with Crippen LogP contribution in [-0.4, -0.2) is 27.6 Å². The quantitative estimate of drug-likeness (QED) is 0.836. The van der Waals surface area contributed by atoms with Gasteiger partial charge in [-0.15, -0.1) is 0 Å². The number of aryl methyl sites for hydroxylation is 1. The molecule has 0 radical (unpaired) electrons. The SMILES string of the molecule is Cc1cc(C(=O)N(C)Cc2ccc(F)c(F)c2)nn1C(C)C1CC1. The van der Waals surface area contributed by atoms with Gasteiger partial charge in [0, 0.05) is 19.3 Å². The first-order valence-electron chi connectivity index (χ1n) is 8.12. The topological polar surface area (TPSA) is 38.1 Å². The van der Waals surface area contributed by atoms with Gasteiger partial charge in [0.1, 0.15) is 0 Å². The van der Waals surface area contributed by atoms with Crippen molar-refractivity contribution >= 4 is 5.91 Å². The fraction of sp³-hybridized carbons (Fsp3) is 0.444. The van der Waals surface area contributed by atoms with Crippen LogP contribution in [0.4, 0.5) is 8.78 Å². The molecule has 1 aromatic heterocycles. The van der Waals surface area contributed by atoms with Crippen LogP contribution in [0.1, 0.15) is 47.6 Å². The van der Waals surface area contributed by atoms with Crippen LogP contribution in [0.3, 0.4) is 0 Å². The van der Waals surface area contributed by atoms with Gasteiger partial charge in [0.15, 0.2) is 17.3 Å². The van der Waals surface area contributed by atoms with E-state index in [1.54, 1.807) is 13.1 Å². The molecule has 1 unspecified atom stereocenters. The van der Waals surface area contributed by atoms with E-state index >= 15 is 0 Å². The summed E-state index contributed by atoms with van der Waals surface area (Å²) in [5.41, 5.74) is 1.87. The summed E-state index contributed by atoms with van der Waals surface area (Å²) in [6.07, 6.45) is 2.42. The molecule has 1 heterocycles. The molecular weight excluding hydrogens is 312 g/mol. The second-order valence-electron chi connectivity index (χ2n) is 6.60. The maximum atomic E-state index is 13.3. The lowest BCUT2D eigenvalue weighted by molar-refractivity contribution is 0.0777. The zero-order valence-corrected chi connectivity index (χ0v) is 14.1. The Bertz CT molecular complexity index is 768. The van der Waals surface area contributed by atoms with Crippen molar-refractivity contribution in [2.75, 3.05) is 7.05 Å². The Morgan fingerprint density at radius 1 is 1.33 bits per heavy atom. The van der Waals surface area contributed by atoms with Gasteiger partial charge >= 0.3 is 0 Å². The van der Waals surface area contributed by atoms with Gasteiger partial charge in [-0.05, 0) is 56.4 Å². The molecule has 6 heteroatoms. The Labute approximate surface area is 140 Å². The molecule has 128 valence electrons. The summed E-state index contributed by atoms with van der Waals surface area (Å²) in [5, 5.41) is 4.46. The van der Waals surface area contributed by atoms with Crippen LogP contribution in [-0.2, 0) is 6.54 Å². The molecule has 0 N–H and O–H groups in total. The number of halogens is 2.